The van der Waals surface area contributed by atoms with Crippen molar-refractivity contribution in [1.29, 1.82) is 0 Å². The minimum atomic E-state index is 0.439. The molecule has 4 nitrogen and oxygen atoms in total. The molecule has 2 aromatic carbocycles. The number of hydrogen-bond donors (Lipinski definition) is 1. The fraction of sp³-hybridized carbons (Fsp3) is 0.188. The van der Waals surface area contributed by atoms with Gasteiger partial charge < -0.3 is 10.5 Å². The van der Waals surface area contributed by atoms with Crippen molar-refractivity contribution < 1.29 is 4.74 Å². The Morgan fingerprint density at radius 1 is 1.19 bits per heavy atom. The molecule has 0 saturated carbocycles. The van der Waals surface area contributed by atoms with E-state index in [0.717, 1.165) is 28.9 Å². The molecule has 1 heterocycles. The molecule has 0 radical (unpaired) electrons. The largest absolute Gasteiger partial charge is 0.494 e. The van der Waals surface area contributed by atoms with E-state index in [9.17, 15) is 0 Å². The highest BCUT2D eigenvalue weighted by Gasteiger charge is 2.10. The van der Waals surface area contributed by atoms with E-state index in [1.54, 1.807) is 0 Å². The highest BCUT2D eigenvalue weighted by Crippen LogP contribution is 2.26. The topological polar surface area (TPSA) is 53.1 Å². The average Bonchev–Trinajstić information content (AvgIpc) is 2.81. The van der Waals surface area contributed by atoms with Crippen LogP contribution >= 0.6 is 11.6 Å². The number of rotatable bonds is 4. The van der Waals surface area contributed by atoms with Crippen LogP contribution in [0.5, 0.6) is 5.75 Å². The number of imidazole rings is 1. The first-order valence-corrected chi connectivity index (χ1v) is 7.23. The number of nitrogen functional groups attached to an aromatic ring is 1. The number of halogens is 1. The van der Waals surface area contributed by atoms with Crippen molar-refractivity contribution in [1.82, 2.24) is 9.55 Å². The number of ether oxygens (including phenoxy) is 1. The fourth-order valence-electron chi connectivity index (χ4n) is 2.25. The van der Waals surface area contributed by atoms with Gasteiger partial charge in [-0.05, 0) is 48.9 Å². The Morgan fingerprint density at radius 2 is 1.95 bits per heavy atom. The molecule has 0 unspecified atom stereocenters. The Bertz CT molecular complexity index is 765. The summed E-state index contributed by atoms with van der Waals surface area (Å²) >= 11 is 6.07. The number of fused-ring (bicyclic) bond motifs is 1. The molecule has 1 aromatic heterocycles. The Hall–Kier alpha value is -2.20. The van der Waals surface area contributed by atoms with Gasteiger partial charge in [-0.15, -0.1) is 0 Å². The van der Waals surface area contributed by atoms with Gasteiger partial charge in [0.2, 0.25) is 5.95 Å². The van der Waals surface area contributed by atoms with Crippen LogP contribution in [0.25, 0.3) is 16.7 Å². The summed E-state index contributed by atoms with van der Waals surface area (Å²) in [6, 6.07) is 13.3. The van der Waals surface area contributed by atoms with Gasteiger partial charge in [-0.25, -0.2) is 4.98 Å². The highest BCUT2D eigenvalue weighted by atomic mass is 35.5. The molecule has 5 heteroatoms. The third kappa shape index (κ3) is 2.67. The number of aromatic nitrogens is 2. The molecule has 0 aliphatic rings. The van der Waals surface area contributed by atoms with Gasteiger partial charge in [0, 0.05) is 10.7 Å². The van der Waals surface area contributed by atoms with Crippen LogP contribution in [0.2, 0.25) is 5.02 Å². The van der Waals surface area contributed by atoms with Crippen molar-refractivity contribution in [3.63, 3.8) is 0 Å². The number of nitrogens with two attached hydrogens (primary N) is 1. The lowest BCUT2D eigenvalue weighted by atomic mass is 10.2. The van der Waals surface area contributed by atoms with Crippen molar-refractivity contribution >= 4 is 28.6 Å². The summed E-state index contributed by atoms with van der Waals surface area (Å²) in [5.41, 5.74) is 8.68. The second-order valence-electron chi connectivity index (χ2n) is 4.78. The summed E-state index contributed by atoms with van der Waals surface area (Å²) in [5, 5.41) is 0.659. The number of hydrogen-bond acceptors (Lipinski definition) is 3. The van der Waals surface area contributed by atoms with Crippen LogP contribution in [-0.2, 0) is 0 Å². The maximum Gasteiger partial charge on any atom is 0.205 e. The van der Waals surface area contributed by atoms with Gasteiger partial charge in [-0.2, -0.15) is 0 Å². The summed E-state index contributed by atoms with van der Waals surface area (Å²) in [6.45, 7) is 2.79. The molecule has 0 atom stereocenters. The van der Waals surface area contributed by atoms with Crippen LogP contribution in [0.1, 0.15) is 13.3 Å². The standard InChI is InChI=1S/C16H16ClN3O/c1-2-9-21-13-6-4-12(5-7-13)20-15-10-11(17)3-8-14(15)19-16(20)18/h3-8,10H,2,9H2,1H3,(H2,18,19). The molecule has 2 N–H and O–H groups in total. The summed E-state index contributed by atoms with van der Waals surface area (Å²) in [5.74, 6) is 1.29. The maximum atomic E-state index is 6.07. The highest BCUT2D eigenvalue weighted by molar-refractivity contribution is 6.31. The lowest BCUT2D eigenvalue weighted by Gasteiger charge is -2.09. The third-order valence-electron chi connectivity index (χ3n) is 3.21. The second-order valence-corrected chi connectivity index (χ2v) is 5.22. The predicted molar refractivity (Wildman–Crippen MR) is 86.3 cm³/mol. The molecule has 0 aliphatic carbocycles. The molecule has 0 bridgehead atoms. The van der Waals surface area contributed by atoms with E-state index in [1.165, 1.54) is 0 Å². The van der Waals surface area contributed by atoms with E-state index < -0.39 is 0 Å². The molecule has 0 spiro atoms. The normalized spacial score (nSPS) is 11.0. The molecular weight excluding hydrogens is 286 g/mol. The van der Waals surface area contributed by atoms with Crippen molar-refractivity contribution in [2.24, 2.45) is 0 Å². The third-order valence-corrected chi connectivity index (χ3v) is 3.45. The van der Waals surface area contributed by atoms with Gasteiger partial charge in [0.15, 0.2) is 0 Å². The molecule has 0 aliphatic heterocycles. The molecule has 108 valence electrons. The lowest BCUT2D eigenvalue weighted by molar-refractivity contribution is 0.317. The van der Waals surface area contributed by atoms with Gasteiger partial charge in [-0.3, -0.25) is 4.57 Å². The molecule has 0 saturated heterocycles. The Balaban J connectivity index is 2.03. The number of anilines is 1. The summed E-state index contributed by atoms with van der Waals surface area (Å²) in [4.78, 5) is 4.35. The van der Waals surface area contributed by atoms with Crippen LogP contribution in [0.15, 0.2) is 42.5 Å². The first-order valence-electron chi connectivity index (χ1n) is 6.85. The zero-order chi connectivity index (χ0) is 14.8. The lowest BCUT2D eigenvalue weighted by Crippen LogP contribution is -2.01. The van der Waals surface area contributed by atoms with E-state index in [4.69, 9.17) is 22.1 Å². The molecular formula is C16H16ClN3O. The van der Waals surface area contributed by atoms with E-state index >= 15 is 0 Å². The van der Waals surface area contributed by atoms with Gasteiger partial charge in [0.05, 0.1) is 17.6 Å². The SMILES string of the molecule is CCCOc1ccc(-n2c(N)nc3ccc(Cl)cc32)cc1. The van der Waals surface area contributed by atoms with E-state index in [-0.39, 0.29) is 0 Å². The summed E-state index contributed by atoms with van der Waals surface area (Å²) < 4.78 is 7.47. The van der Waals surface area contributed by atoms with Crippen molar-refractivity contribution in [3.8, 4) is 11.4 Å². The van der Waals surface area contributed by atoms with E-state index in [1.807, 2.05) is 47.0 Å². The van der Waals surface area contributed by atoms with Crippen LogP contribution in [0.3, 0.4) is 0 Å². The smallest absolute Gasteiger partial charge is 0.205 e. The first-order chi connectivity index (χ1) is 10.2. The fourth-order valence-corrected chi connectivity index (χ4v) is 2.42. The first kappa shape index (κ1) is 13.8. The molecule has 3 aromatic rings. The summed E-state index contributed by atoms with van der Waals surface area (Å²) in [7, 11) is 0. The van der Waals surface area contributed by atoms with Crippen LogP contribution in [-0.4, -0.2) is 16.2 Å². The van der Waals surface area contributed by atoms with E-state index in [2.05, 4.69) is 11.9 Å². The Kier molecular flexibility index (Phi) is 3.71. The minimum Gasteiger partial charge on any atom is -0.494 e. The van der Waals surface area contributed by atoms with Crippen molar-refractivity contribution in [2.75, 3.05) is 12.3 Å². The Morgan fingerprint density at radius 3 is 2.67 bits per heavy atom. The average molecular weight is 302 g/mol. The Labute approximate surface area is 128 Å². The second kappa shape index (κ2) is 5.66. The van der Waals surface area contributed by atoms with Crippen LogP contribution in [0, 0.1) is 0 Å². The van der Waals surface area contributed by atoms with Crippen LogP contribution < -0.4 is 10.5 Å². The molecule has 21 heavy (non-hydrogen) atoms. The van der Waals surface area contributed by atoms with Gasteiger partial charge in [-0.1, -0.05) is 18.5 Å². The van der Waals surface area contributed by atoms with Crippen molar-refractivity contribution in [2.45, 2.75) is 13.3 Å². The molecule has 3 rings (SSSR count). The van der Waals surface area contributed by atoms with Gasteiger partial charge in [0.25, 0.3) is 0 Å². The number of benzene rings is 2. The van der Waals surface area contributed by atoms with Gasteiger partial charge >= 0.3 is 0 Å². The summed E-state index contributed by atoms with van der Waals surface area (Å²) in [6.07, 6.45) is 0.985. The molecule has 0 fully saturated rings. The minimum absolute atomic E-state index is 0.439. The number of nitrogens with zero attached hydrogens (tertiary/aromatic N) is 2. The monoisotopic (exact) mass is 301 g/mol. The zero-order valence-electron chi connectivity index (χ0n) is 11.7. The van der Waals surface area contributed by atoms with E-state index in [0.29, 0.717) is 17.6 Å². The zero-order valence-corrected chi connectivity index (χ0v) is 12.5. The quantitative estimate of drug-likeness (QED) is 0.791. The molecule has 0 amide bonds. The van der Waals surface area contributed by atoms with Crippen LogP contribution in [0.4, 0.5) is 5.95 Å². The maximum absolute atomic E-state index is 6.07. The van der Waals surface area contributed by atoms with Gasteiger partial charge in [0.1, 0.15) is 5.75 Å². The predicted octanol–water partition coefficient (Wildman–Crippen LogP) is 4.05. The van der Waals surface area contributed by atoms with Crippen molar-refractivity contribution in [3.05, 3.63) is 47.5 Å².